The van der Waals surface area contributed by atoms with Crippen molar-refractivity contribution in [2.45, 2.75) is 50.7 Å². The zero-order valence-corrected chi connectivity index (χ0v) is 11.8. The number of hydrogen-bond acceptors (Lipinski definition) is 4. The van der Waals surface area contributed by atoms with Gasteiger partial charge in [0, 0.05) is 11.6 Å². The Hall–Kier alpha value is -1.95. The molecule has 1 aromatic carbocycles. The van der Waals surface area contributed by atoms with Gasteiger partial charge in [-0.05, 0) is 12.8 Å². The van der Waals surface area contributed by atoms with Crippen LogP contribution in [0.3, 0.4) is 0 Å². The van der Waals surface area contributed by atoms with Gasteiger partial charge in [0.1, 0.15) is 0 Å². The Morgan fingerprint density at radius 1 is 1.29 bits per heavy atom. The molecule has 1 aliphatic rings. The molecule has 1 aromatic rings. The van der Waals surface area contributed by atoms with Gasteiger partial charge in [-0.1, -0.05) is 37.5 Å². The van der Waals surface area contributed by atoms with E-state index in [1.165, 1.54) is 6.07 Å². The van der Waals surface area contributed by atoms with E-state index in [0.717, 1.165) is 25.7 Å². The number of nitro groups is 1. The SMILES string of the molecule is O=C(Cc1ccccc1[N+](=O)[O-])NC1CCCCCC1O. The first kappa shape index (κ1) is 15.4. The fraction of sp³-hybridized carbons (Fsp3) is 0.533. The van der Waals surface area contributed by atoms with E-state index in [2.05, 4.69) is 5.32 Å². The van der Waals surface area contributed by atoms with Gasteiger partial charge in [-0.25, -0.2) is 0 Å². The average Bonchev–Trinajstić information content (AvgIpc) is 2.64. The van der Waals surface area contributed by atoms with Crippen LogP contribution in [0.5, 0.6) is 0 Å². The second-order valence-electron chi connectivity index (χ2n) is 5.44. The molecule has 0 spiro atoms. The van der Waals surface area contributed by atoms with Crippen molar-refractivity contribution in [1.82, 2.24) is 5.32 Å². The lowest BCUT2D eigenvalue weighted by molar-refractivity contribution is -0.385. The third kappa shape index (κ3) is 4.26. The molecule has 1 amide bonds. The van der Waals surface area contributed by atoms with E-state index >= 15 is 0 Å². The summed E-state index contributed by atoms with van der Waals surface area (Å²) in [6.07, 6.45) is 3.89. The van der Waals surface area contributed by atoms with E-state index in [9.17, 15) is 20.0 Å². The quantitative estimate of drug-likeness (QED) is 0.504. The molecule has 6 heteroatoms. The third-order valence-electron chi connectivity index (χ3n) is 3.87. The normalized spacial score (nSPS) is 22.3. The van der Waals surface area contributed by atoms with Crippen molar-refractivity contribution in [3.8, 4) is 0 Å². The van der Waals surface area contributed by atoms with Gasteiger partial charge in [-0.15, -0.1) is 0 Å². The lowest BCUT2D eigenvalue weighted by Gasteiger charge is -2.21. The Balaban J connectivity index is 2.00. The molecule has 114 valence electrons. The van der Waals surface area contributed by atoms with Gasteiger partial charge in [-0.3, -0.25) is 14.9 Å². The molecule has 6 nitrogen and oxygen atoms in total. The van der Waals surface area contributed by atoms with Crippen LogP contribution in [0.1, 0.15) is 37.7 Å². The minimum Gasteiger partial charge on any atom is -0.391 e. The number of carbonyl (C=O) groups excluding carboxylic acids is 1. The lowest BCUT2D eigenvalue weighted by atomic mass is 10.0. The number of amides is 1. The number of nitrogens with one attached hydrogen (secondary N) is 1. The highest BCUT2D eigenvalue weighted by atomic mass is 16.6. The van der Waals surface area contributed by atoms with Crippen molar-refractivity contribution in [3.05, 3.63) is 39.9 Å². The molecule has 1 aliphatic carbocycles. The minimum absolute atomic E-state index is 0.0413. The second-order valence-corrected chi connectivity index (χ2v) is 5.44. The minimum atomic E-state index is -0.526. The second kappa shape index (κ2) is 7.17. The molecule has 0 saturated heterocycles. The lowest BCUT2D eigenvalue weighted by Crippen LogP contribution is -2.43. The number of nitro benzene ring substituents is 1. The molecular formula is C15H20N2O4. The maximum atomic E-state index is 12.1. The summed E-state index contributed by atoms with van der Waals surface area (Å²) >= 11 is 0. The molecule has 0 heterocycles. The third-order valence-corrected chi connectivity index (χ3v) is 3.87. The summed E-state index contributed by atoms with van der Waals surface area (Å²) in [6, 6.07) is 5.98. The maximum Gasteiger partial charge on any atom is 0.273 e. The molecule has 2 rings (SSSR count). The Kier molecular flexibility index (Phi) is 5.27. The Morgan fingerprint density at radius 2 is 2.00 bits per heavy atom. The smallest absolute Gasteiger partial charge is 0.273 e. The average molecular weight is 292 g/mol. The van der Waals surface area contributed by atoms with Crippen molar-refractivity contribution in [3.63, 3.8) is 0 Å². The number of benzene rings is 1. The number of carbonyl (C=O) groups is 1. The van der Waals surface area contributed by atoms with Crippen molar-refractivity contribution in [2.75, 3.05) is 0 Å². The molecule has 0 aliphatic heterocycles. The Bertz CT molecular complexity index is 518. The predicted octanol–water partition coefficient (Wildman–Crippen LogP) is 1.95. The van der Waals surface area contributed by atoms with E-state index in [-0.39, 0.29) is 24.1 Å². The zero-order valence-electron chi connectivity index (χ0n) is 11.8. The molecule has 0 bridgehead atoms. The summed E-state index contributed by atoms with van der Waals surface area (Å²) in [5.74, 6) is -0.282. The number of aliphatic hydroxyl groups is 1. The molecule has 1 saturated carbocycles. The number of hydrogen-bond donors (Lipinski definition) is 2. The summed E-state index contributed by atoms with van der Waals surface area (Å²) in [7, 11) is 0. The van der Waals surface area contributed by atoms with Crippen LogP contribution in [0.15, 0.2) is 24.3 Å². The summed E-state index contributed by atoms with van der Waals surface area (Å²) in [6.45, 7) is 0. The van der Waals surface area contributed by atoms with E-state index in [4.69, 9.17) is 0 Å². The number of rotatable bonds is 4. The van der Waals surface area contributed by atoms with Crippen molar-refractivity contribution in [1.29, 1.82) is 0 Å². The van der Waals surface area contributed by atoms with Crippen molar-refractivity contribution in [2.24, 2.45) is 0 Å². The van der Waals surface area contributed by atoms with E-state index < -0.39 is 11.0 Å². The monoisotopic (exact) mass is 292 g/mol. The largest absolute Gasteiger partial charge is 0.391 e. The Labute approximate surface area is 123 Å². The molecule has 0 aromatic heterocycles. The van der Waals surface area contributed by atoms with Gasteiger partial charge in [-0.2, -0.15) is 0 Å². The number of nitrogens with zero attached hydrogens (tertiary/aromatic N) is 1. The first-order valence-electron chi connectivity index (χ1n) is 7.27. The van der Waals surface area contributed by atoms with Crippen LogP contribution in [0.4, 0.5) is 5.69 Å². The number of aliphatic hydroxyl groups excluding tert-OH is 1. The fourth-order valence-electron chi connectivity index (χ4n) is 2.73. The van der Waals surface area contributed by atoms with Crippen LogP contribution < -0.4 is 5.32 Å². The van der Waals surface area contributed by atoms with Gasteiger partial charge in [0.2, 0.25) is 5.91 Å². The topological polar surface area (TPSA) is 92.5 Å². The van der Waals surface area contributed by atoms with Crippen molar-refractivity contribution >= 4 is 11.6 Å². The van der Waals surface area contributed by atoms with Gasteiger partial charge < -0.3 is 10.4 Å². The van der Waals surface area contributed by atoms with Crippen LogP contribution in [-0.2, 0) is 11.2 Å². The maximum absolute atomic E-state index is 12.1. The molecule has 2 unspecified atom stereocenters. The van der Waals surface area contributed by atoms with Crippen LogP contribution in [-0.4, -0.2) is 28.1 Å². The summed E-state index contributed by atoms with van der Waals surface area (Å²) in [4.78, 5) is 22.5. The molecule has 21 heavy (non-hydrogen) atoms. The van der Waals surface area contributed by atoms with E-state index in [1.54, 1.807) is 18.2 Å². The first-order chi connectivity index (χ1) is 10.1. The van der Waals surface area contributed by atoms with Crippen LogP contribution in [0.2, 0.25) is 0 Å². The molecule has 2 atom stereocenters. The van der Waals surface area contributed by atoms with Crippen LogP contribution in [0, 0.1) is 10.1 Å². The van der Waals surface area contributed by atoms with Crippen molar-refractivity contribution < 1.29 is 14.8 Å². The zero-order chi connectivity index (χ0) is 15.2. The Morgan fingerprint density at radius 3 is 2.76 bits per heavy atom. The highest BCUT2D eigenvalue weighted by molar-refractivity contribution is 5.80. The molecular weight excluding hydrogens is 272 g/mol. The first-order valence-corrected chi connectivity index (χ1v) is 7.27. The van der Waals surface area contributed by atoms with E-state index in [0.29, 0.717) is 12.0 Å². The van der Waals surface area contributed by atoms with E-state index in [1.807, 2.05) is 0 Å². The van der Waals surface area contributed by atoms with Gasteiger partial charge in [0.05, 0.1) is 23.5 Å². The standard InChI is InChI=1S/C15H20N2O4/c18-14-9-3-1-2-7-12(14)16-15(19)10-11-6-4-5-8-13(11)17(20)21/h4-6,8,12,14,18H,1-3,7,9-10H2,(H,16,19). The van der Waals surface area contributed by atoms with Gasteiger partial charge in [0.25, 0.3) is 5.69 Å². The highest BCUT2D eigenvalue weighted by Gasteiger charge is 2.24. The fourth-order valence-corrected chi connectivity index (χ4v) is 2.73. The molecule has 2 N–H and O–H groups in total. The highest BCUT2D eigenvalue weighted by Crippen LogP contribution is 2.20. The van der Waals surface area contributed by atoms with Crippen LogP contribution in [0.25, 0.3) is 0 Å². The predicted molar refractivity (Wildman–Crippen MR) is 77.8 cm³/mol. The van der Waals surface area contributed by atoms with Gasteiger partial charge >= 0.3 is 0 Å². The summed E-state index contributed by atoms with van der Waals surface area (Å²) in [5.41, 5.74) is 0.345. The summed E-state index contributed by atoms with van der Waals surface area (Å²) < 4.78 is 0. The molecule has 0 radical (unpaired) electrons. The van der Waals surface area contributed by atoms with Gasteiger partial charge in [0.15, 0.2) is 0 Å². The number of para-hydroxylation sites is 1. The summed E-state index contributed by atoms with van der Waals surface area (Å²) in [5, 5.41) is 23.7. The molecule has 1 fully saturated rings. The van der Waals surface area contributed by atoms with Crippen LogP contribution >= 0.6 is 0 Å².